The number of oxime groups is 1. The lowest BCUT2D eigenvalue weighted by Gasteiger charge is -2.20. The average molecular weight is 171 g/mol. The Morgan fingerprint density at radius 3 is 2.36 bits per heavy atom. The van der Waals surface area contributed by atoms with Crippen molar-refractivity contribution in [1.29, 1.82) is 0 Å². The highest BCUT2D eigenvalue weighted by Crippen LogP contribution is 2.19. The molecule has 0 heterocycles. The topological polar surface area (TPSA) is 49.7 Å². The molecule has 0 aromatic heterocycles. The van der Waals surface area contributed by atoms with Gasteiger partial charge in [0.05, 0.1) is 15.7 Å². The molecule has 0 rings (SSSR count). The highest BCUT2D eigenvalue weighted by Gasteiger charge is 2.29. The maximum Gasteiger partial charge on any atom is 0.144 e. The summed E-state index contributed by atoms with van der Waals surface area (Å²) in [5, 5.41) is 12.0. The molecule has 62 valence electrons. The molecule has 0 amide bonds. The first-order valence-electron chi connectivity index (χ1n) is 3.32. The molecule has 1 unspecified atom stereocenters. The molecule has 1 N–H and O–H groups in total. The van der Waals surface area contributed by atoms with Gasteiger partial charge in [-0.05, 0) is 13.8 Å². The van der Waals surface area contributed by atoms with Crippen molar-refractivity contribution in [3.05, 3.63) is 12.7 Å². The maximum atomic E-state index is 11.1. The van der Waals surface area contributed by atoms with Crippen LogP contribution in [0.4, 0.5) is 0 Å². The smallest absolute Gasteiger partial charge is 0.144 e. The zero-order valence-electron chi connectivity index (χ0n) is 7.09. The molecular formula is C7H13NO2Si. The first-order valence-corrected chi connectivity index (χ1v) is 4.32. The SMILES string of the molecule is C=CC(C)(C(C)=O)C([SiH3])=NO. The minimum absolute atomic E-state index is 0.0460. The maximum absolute atomic E-state index is 11.1. The van der Waals surface area contributed by atoms with Gasteiger partial charge in [-0.3, -0.25) is 4.79 Å². The van der Waals surface area contributed by atoms with Gasteiger partial charge in [0.15, 0.2) is 0 Å². The van der Waals surface area contributed by atoms with E-state index in [0.29, 0.717) is 15.6 Å². The molecule has 0 fully saturated rings. The quantitative estimate of drug-likeness (QED) is 0.212. The predicted octanol–water partition coefficient (Wildman–Crippen LogP) is -0.0792. The van der Waals surface area contributed by atoms with Crippen molar-refractivity contribution in [2.75, 3.05) is 0 Å². The van der Waals surface area contributed by atoms with E-state index >= 15 is 0 Å². The summed E-state index contributed by atoms with van der Waals surface area (Å²) in [5.41, 5.74) is -0.763. The Morgan fingerprint density at radius 1 is 1.82 bits per heavy atom. The van der Waals surface area contributed by atoms with Gasteiger partial charge in [0.2, 0.25) is 0 Å². The van der Waals surface area contributed by atoms with E-state index in [1.54, 1.807) is 6.92 Å². The fourth-order valence-electron chi connectivity index (χ4n) is 0.650. The number of allylic oxidation sites excluding steroid dienone is 1. The molecule has 0 saturated heterocycles. The van der Waals surface area contributed by atoms with E-state index < -0.39 is 5.41 Å². The second-order valence-electron chi connectivity index (χ2n) is 2.65. The zero-order valence-corrected chi connectivity index (χ0v) is 9.09. The fourth-order valence-corrected chi connectivity index (χ4v) is 1.21. The van der Waals surface area contributed by atoms with Gasteiger partial charge in [-0.2, -0.15) is 0 Å². The van der Waals surface area contributed by atoms with Crippen molar-refractivity contribution in [3.63, 3.8) is 0 Å². The number of Topliss-reactive ketones (excluding diaryl/α,β-unsaturated/α-hetero) is 1. The average Bonchev–Trinajstić information content (AvgIpc) is 2.01. The van der Waals surface area contributed by atoms with Crippen LogP contribution in [-0.2, 0) is 4.79 Å². The number of ketones is 1. The van der Waals surface area contributed by atoms with E-state index in [-0.39, 0.29) is 5.78 Å². The molecule has 0 aliphatic rings. The molecule has 11 heavy (non-hydrogen) atoms. The van der Waals surface area contributed by atoms with Gasteiger partial charge in [0.1, 0.15) is 5.78 Å². The molecule has 0 bridgehead atoms. The first-order chi connectivity index (χ1) is 4.99. The van der Waals surface area contributed by atoms with E-state index in [1.807, 2.05) is 0 Å². The summed E-state index contributed by atoms with van der Waals surface area (Å²) in [5.74, 6) is -0.0460. The summed E-state index contributed by atoms with van der Waals surface area (Å²) in [7, 11) is 0.563. The second-order valence-corrected chi connectivity index (χ2v) is 3.60. The monoisotopic (exact) mass is 171 g/mol. The Morgan fingerprint density at radius 2 is 2.27 bits per heavy atom. The molecule has 0 radical (unpaired) electrons. The van der Waals surface area contributed by atoms with Crippen molar-refractivity contribution < 1.29 is 10.0 Å². The normalized spacial score (nSPS) is 17.5. The lowest BCUT2D eigenvalue weighted by atomic mass is 9.88. The van der Waals surface area contributed by atoms with Gasteiger partial charge in [-0.15, -0.1) is 11.7 Å². The van der Waals surface area contributed by atoms with Crippen molar-refractivity contribution >= 4 is 21.4 Å². The van der Waals surface area contributed by atoms with Crippen molar-refractivity contribution in [2.24, 2.45) is 10.6 Å². The van der Waals surface area contributed by atoms with Crippen molar-refractivity contribution in [2.45, 2.75) is 13.8 Å². The number of carbonyl (C=O) groups is 1. The Labute approximate surface area is 69.2 Å². The summed E-state index contributed by atoms with van der Waals surface area (Å²) < 4.78 is 0. The summed E-state index contributed by atoms with van der Waals surface area (Å²) in [6.07, 6.45) is 1.51. The van der Waals surface area contributed by atoms with Gasteiger partial charge in [0.25, 0.3) is 0 Å². The Balaban J connectivity index is 4.90. The van der Waals surface area contributed by atoms with E-state index in [2.05, 4.69) is 11.7 Å². The van der Waals surface area contributed by atoms with Gasteiger partial charge in [0, 0.05) is 5.33 Å². The summed E-state index contributed by atoms with van der Waals surface area (Å²) in [6.45, 7) is 6.69. The van der Waals surface area contributed by atoms with Gasteiger partial charge in [-0.25, -0.2) is 0 Å². The van der Waals surface area contributed by atoms with Crippen LogP contribution in [0.15, 0.2) is 17.8 Å². The number of nitrogens with zero attached hydrogens (tertiary/aromatic N) is 1. The highest BCUT2D eigenvalue weighted by atomic mass is 28.1. The molecule has 4 heteroatoms. The minimum atomic E-state index is -0.763. The first kappa shape index (κ1) is 10.1. The molecular weight excluding hydrogens is 158 g/mol. The Kier molecular flexibility index (Phi) is 3.19. The second kappa shape index (κ2) is 3.48. The van der Waals surface area contributed by atoms with Crippen LogP contribution in [0.2, 0.25) is 0 Å². The Bertz CT molecular complexity index is 212. The van der Waals surface area contributed by atoms with Crippen LogP contribution in [0.1, 0.15) is 13.8 Å². The molecule has 0 spiro atoms. The molecule has 0 saturated carbocycles. The van der Waals surface area contributed by atoms with E-state index in [4.69, 9.17) is 5.21 Å². The van der Waals surface area contributed by atoms with Crippen LogP contribution in [-0.4, -0.2) is 26.6 Å². The third-order valence-electron chi connectivity index (χ3n) is 2.04. The largest absolute Gasteiger partial charge is 0.411 e. The van der Waals surface area contributed by atoms with Crippen LogP contribution in [0, 0.1) is 5.41 Å². The number of hydrogen-bond acceptors (Lipinski definition) is 3. The molecule has 3 nitrogen and oxygen atoms in total. The van der Waals surface area contributed by atoms with Gasteiger partial charge >= 0.3 is 0 Å². The predicted molar refractivity (Wildman–Crippen MR) is 48.1 cm³/mol. The molecule has 0 aromatic rings. The molecule has 0 aliphatic carbocycles. The number of carbonyl (C=O) groups excluding carboxylic acids is 1. The summed E-state index contributed by atoms with van der Waals surface area (Å²) >= 11 is 0. The lowest BCUT2D eigenvalue weighted by molar-refractivity contribution is -0.120. The van der Waals surface area contributed by atoms with Crippen LogP contribution in [0.3, 0.4) is 0 Å². The number of hydrogen-bond donors (Lipinski definition) is 1. The fraction of sp³-hybridized carbons (Fsp3) is 0.429. The third kappa shape index (κ3) is 1.77. The molecule has 0 aromatic carbocycles. The lowest BCUT2D eigenvalue weighted by Crippen LogP contribution is -2.33. The zero-order chi connectivity index (χ0) is 9.07. The van der Waals surface area contributed by atoms with E-state index in [9.17, 15) is 4.79 Å². The van der Waals surface area contributed by atoms with Gasteiger partial charge < -0.3 is 5.21 Å². The molecule has 0 aliphatic heterocycles. The van der Waals surface area contributed by atoms with E-state index in [0.717, 1.165) is 0 Å². The van der Waals surface area contributed by atoms with Gasteiger partial charge in [-0.1, -0.05) is 6.08 Å². The highest BCUT2D eigenvalue weighted by molar-refractivity contribution is 6.63. The van der Waals surface area contributed by atoms with E-state index in [1.165, 1.54) is 13.0 Å². The van der Waals surface area contributed by atoms with Crippen LogP contribution in [0.5, 0.6) is 0 Å². The van der Waals surface area contributed by atoms with Crippen molar-refractivity contribution in [3.8, 4) is 0 Å². The summed E-state index contributed by atoms with van der Waals surface area (Å²) in [4.78, 5) is 11.1. The van der Waals surface area contributed by atoms with Crippen LogP contribution in [0.25, 0.3) is 0 Å². The standard InChI is InChI=1S/C7H13NO2Si/c1-4-7(3,5(2)9)6(11)8-10/h4,10H,1H2,2-3,11H3. The minimum Gasteiger partial charge on any atom is -0.411 e. The number of rotatable bonds is 3. The van der Waals surface area contributed by atoms with Crippen LogP contribution < -0.4 is 0 Å². The third-order valence-corrected chi connectivity index (χ3v) is 3.28. The Hall–Kier alpha value is -0.903. The molecule has 1 atom stereocenters. The van der Waals surface area contributed by atoms with Crippen LogP contribution >= 0.6 is 0 Å². The van der Waals surface area contributed by atoms with Crippen molar-refractivity contribution in [1.82, 2.24) is 0 Å². The summed E-state index contributed by atoms with van der Waals surface area (Å²) in [6, 6.07) is 0.